The molecule has 5 rings (SSSR count). The number of carbonyl (C=O) groups excluding carboxylic acids is 2. The molecule has 1 saturated heterocycles. The fourth-order valence-corrected chi connectivity index (χ4v) is 5.34. The van der Waals surface area contributed by atoms with Crippen molar-refractivity contribution >= 4 is 29.3 Å². The summed E-state index contributed by atoms with van der Waals surface area (Å²) in [6, 6.07) is 22.0. The number of piperidine rings is 1. The Bertz CT molecular complexity index is 1670. The first-order valence-electron chi connectivity index (χ1n) is 15.5. The molecule has 1 fully saturated rings. The van der Waals surface area contributed by atoms with E-state index >= 15 is 0 Å². The molecular weight excluding hydrogens is 609 g/mol. The lowest BCUT2D eigenvalue weighted by Crippen LogP contribution is -2.41. The molecule has 248 valence electrons. The van der Waals surface area contributed by atoms with Crippen LogP contribution in [0.4, 0.5) is 40.0 Å². The highest BCUT2D eigenvalue weighted by molar-refractivity contribution is 5.99. The van der Waals surface area contributed by atoms with E-state index in [-0.39, 0.29) is 23.2 Å². The van der Waals surface area contributed by atoms with Crippen molar-refractivity contribution in [3.05, 3.63) is 95.7 Å². The number of aryl methyl sites for hydroxylation is 1. The van der Waals surface area contributed by atoms with Gasteiger partial charge in [-0.05, 0) is 86.2 Å². The van der Waals surface area contributed by atoms with Gasteiger partial charge in [0.15, 0.2) is 0 Å². The molecule has 1 aliphatic rings. The zero-order valence-electron chi connectivity index (χ0n) is 26.8. The lowest BCUT2D eigenvalue weighted by molar-refractivity contribution is -0.274. The van der Waals surface area contributed by atoms with Crippen LogP contribution in [0.2, 0.25) is 0 Å². The van der Waals surface area contributed by atoms with E-state index in [1.807, 2.05) is 61.5 Å². The Kier molecular flexibility index (Phi) is 9.78. The Labute approximate surface area is 272 Å². The normalized spacial score (nSPS) is 14.1. The van der Waals surface area contributed by atoms with Gasteiger partial charge in [-0.25, -0.2) is 14.3 Å². The highest BCUT2D eigenvalue weighted by atomic mass is 19.4. The van der Waals surface area contributed by atoms with Crippen LogP contribution in [0.1, 0.15) is 50.4 Å². The van der Waals surface area contributed by atoms with Crippen molar-refractivity contribution in [3.8, 4) is 11.4 Å². The van der Waals surface area contributed by atoms with E-state index in [0.717, 1.165) is 53.9 Å². The van der Waals surface area contributed by atoms with Gasteiger partial charge in [0.05, 0.1) is 11.4 Å². The minimum Gasteiger partial charge on any atom is -0.406 e. The highest BCUT2D eigenvalue weighted by Crippen LogP contribution is 2.28. The van der Waals surface area contributed by atoms with Gasteiger partial charge in [-0.1, -0.05) is 50.6 Å². The molecule has 0 aliphatic carbocycles. The second-order valence-electron chi connectivity index (χ2n) is 12.8. The molecule has 0 bridgehead atoms. The van der Waals surface area contributed by atoms with Crippen molar-refractivity contribution in [2.24, 2.45) is 5.92 Å². The number of nitrogens with zero attached hydrogens (tertiary/aromatic N) is 3. The summed E-state index contributed by atoms with van der Waals surface area (Å²) in [6.07, 6.45) is -2.29. The third-order valence-electron chi connectivity index (χ3n) is 7.98. The van der Waals surface area contributed by atoms with Crippen molar-refractivity contribution in [2.45, 2.75) is 58.7 Å². The van der Waals surface area contributed by atoms with Crippen LogP contribution < -0.4 is 20.7 Å². The number of amides is 4. The number of hydrogen-bond acceptors (Lipinski definition) is 4. The Morgan fingerprint density at radius 3 is 2.04 bits per heavy atom. The number of halogens is 3. The lowest BCUT2D eigenvalue weighted by atomic mass is 9.90. The summed E-state index contributed by atoms with van der Waals surface area (Å²) in [6.45, 7) is 9.39. The van der Waals surface area contributed by atoms with Crippen molar-refractivity contribution in [1.82, 2.24) is 14.7 Å². The standard InChI is InChI=1S/C35H39F3N6O3/c1-23-5-13-28(14-6-23)44-31(22-30(42-44)34(2,3)4)41-32(45)39-26-9-7-24(8-10-26)21-25-17-19-43(20-18-25)33(46)40-27-11-15-29(16-12-27)47-35(36,37)38/h5-16,22,25H,17-21H2,1-4H3,(H,40,46)(H2,39,41,45). The van der Waals surface area contributed by atoms with E-state index < -0.39 is 6.36 Å². The average molecular weight is 649 g/mol. The van der Waals surface area contributed by atoms with E-state index in [0.29, 0.717) is 36.2 Å². The van der Waals surface area contributed by atoms with Crippen molar-refractivity contribution in [2.75, 3.05) is 29.0 Å². The Balaban J connectivity index is 1.10. The van der Waals surface area contributed by atoms with E-state index in [9.17, 15) is 22.8 Å². The number of urea groups is 2. The summed E-state index contributed by atoms with van der Waals surface area (Å²) < 4.78 is 42.7. The summed E-state index contributed by atoms with van der Waals surface area (Å²) in [5.41, 5.74) is 4.83. The third kappa shape index (κ3) is 9.27. The topological polar surface area (TPSA) is 101 Å². The van der Waals surface area contributed by atoms with Gasteiger partial charge < -0.3 is 20.3 Å². The Morgan fingerprint density at radius 1 is 0.851 bits per heavy atom. The number of hydrogen-bond donors (Lipinski definition) is 3. The molecule has 1 aliphatic heterocycles. The fourth-order valence-electron chi connectivity index (χ4n) is 5.34. The lowest BCUT2D eigenvalue weighted by Gasteiger charge is -2.32. The predicted molar refractivity (Wildman–Crippen MR) is 176 cm³/mol. The Morgan fingerprint density at radius 2 is 1.45 bits per heavy atom. The first-order valence-corrected chi connectivity index (χ1v) is 15.5. The highest BCUT2D eigenvalue weighted by Gasteiger charge is 2.31. The molecule has 0 radical (unpaired) electrons. The number of benzene rings is 3. The molecule has 47 heavy (non-hydrogen) atoms. The molecule has 0 spiro atoms. The number of anilines is 3. The van der Waals surface area contributed by atoms with E-state index in [2.05, 4.69) is 41.5 Å². The molecule has 3 aromatic carbocycles. The zero-order valence-corrected chi connectivity index (χ0v) is 26.8. The first kappa shape index (κ1) is 33.4. The first-order chi connectivity index (χ1) is 22.2. The number of rotatable bonds is 7. The minimum atomic E-state index is -4.77. The van der Waals surface area contributed by atoms with Gasteiger partial charge in [-0.3, -0.25) is 5.32 Å². The monoisotopic (exact) mass is 648 g/mol. The molecule has 0 unspecified atom stereocenters. The van der Waals surface area contributed by atoms with Gasteiger partial charge in [0.2, 0.25) is 0 Å². The van der Waals surface area contributed by atoms with Gasteiger partial charge in [-0.2, -0.15) is 5.10 Å². The van der Waals surface area contributed by atoms with Gasteiger partial charge in [0.1, 0.15) is 11.6 Å². The average Bonchev–Trinajstić information content (AvgIpc) is 3.43. The molecule has 4 aromatic rings. The van der Waals surface area contributed by atoms with Crippen LogP contribution in [0.25, 0.3) is 5.69 Å². The summed E-state index contributed by atoms with van der Waals surface area (Å²) in [4.78, 5) is 27.4. The number of likely N-dealkylation sites (tertiary alicyclic amines) is 1. The van der Waals surface area contributed by atoms with E-state index in [1.165, 1.54) is 12.1 Å². The molecular formula is C35H39F3N6O3. The molecule has 4 amide bonds. The summed E-state index contributed by atoms with van der Waals surface area (Å²) in [7, 11) is 0. The molecule has 0 atom stereocenters. The van der Waals surface area contributed by atoms with Crippen LogP contribution in [0.15, 0.2) is 78.9 Å². The molecule has 12 heteroatoms. The molecule has 3 N–H and O–H groups in total. The second kappa shape index (κ2) is 13.8. The number of carbonyl (C=O) groups is 2. The zero-order chi connectivity index (χ0) is 33.8. The van der Waals surface area contributed by atoms with E-state index in [4.69, 9.17) is 5.10 Å². The minimum absolute atomic E-state index is 0.199. The Hall–Kier alpha value is -5.00. The number of alkyl halides is 3. The molecule has 0 saturated carbocycles. The summed E-state index contributed by atoms with van der Waals surface area (Å²) in [5, 5.41) is 13.4. The third-order valence-corrected chi connectivity index (χ3v) is 7.98. The smallest absolute Gasteiger partial charge is 0.406 e. The van der Waals surface area contributed by atoms with Crippen molar-refractivity contribution in [1.29, 1.82) is 0 Å². The van der Waals surface area contributed by atoms with Crippen molar-refractivity contribution < 1.29 is 27.5 Å². The number of nitrogens with one attached hydrogen (secondary N) is 3. The van der Waals surface area contributed by atoms with E-state index in [1.54, 1.807) is 9.58 Å². The molecule has 9 nitrogen and oxygen atoms in total. The van der Waals surface area contributed by atoms with Gasteiger partial charge in [0, 0.05) is 35.9 Å². The van der Waals surface area contributed by atoms with Crippen LogP contribution >= 0.6 is 0 Å². The summed E-state index contributed by atoms with van der Waals surface area (Å²) >= 11 is 0. The maximum absolute atomic E-state index is 13.0. The fraction of sp³-hybridized carbons (Fsp3) is 0.343. The van der Waals surface area contributed by atoms with Crippen molar-refractivity contribution in [3.63, 3.8) is 0 Å². The SMILES string of the molecule is Cc1ccc(-n2nc(C(C)(C)C)cc2NC(=O)Nc2ccc(CC3CCN(C(=O)Nc4ccc(OC(F)(F)F)cc4)CC3)cc2)cc1. The molecule has 2 heterocycles. The second-order valence-corrected chi connectivity index (χ2v) is 12.8. The number of aromatic nitrogens is 2. The largest absolute Gasteiger partial charge is 0.573 e. The summed E-state index contributed by atoms with van der Waals surface area (Å²) in [5.74, 6) is 0.612. The van der Waals surface area contributed by atoms with Gasteiger partial charge in [0.25, 0.3) is 0 Å². The quantitative estimate of drug-likeness (QED) is 0.187. The van der Waals surface area contributed by atoms with Crippen LogP contribution in [0, 0.1) is 12.8 Å². The van der Waals surface area contributed by atoms with Crippen LogP contribution in [0.5, 0.6) is 5.75 Å². The maximum atomic E-state index is 13.0. The van der Waals surface area contributed by atoms with Gasteiger partial charge >= 0.3 is 18.4 Å². The number of ether oxygens (including phenoxy) is 1. The maximum Gasteiger partial charge on any atom is 0.573 e. The predicted octanol–water partition coefficient (Wildman–Crippen LogP) is 8.51. The van der Waals surface area contributed by atoms with Crippen LogP contribution in [0.3, 0.4) is 0 Å². The van der Waals surface area contributed by atoms with Crippen LogP contribution in [-0.2, 0) is 11.8 Å². The van der Waals surface area contributed by atoms with Crippen LogP contribution in [-0.4, -0.2) is 46.2 Å². The van der Waals surface area contributed by atoms with Gasteiger partial charge in [-0.15, -0.1) is 13.2 Å². The molecule has 1 aromatic heterocycles.